The number of aliphatic hydroxyl groups is 1. The van der Waals surface area contributed by atoms with Crippen molar-refractivity contribution < 1.29 is 19.8 Å². The molecule has 0 aromatic heterocycles. The number of benzene rings is 3. The maximum atomic E-state index is 13.4. The topological polar surface area (TPSA) is 102 Å². The Labute approximate surface area is 204 Å². The first-order valence-electron chi connectivity index (χ1n) is 11.7. The molecule has 1 fully saturated rings. The molecule has 1 aliphatic heterocycles. The second-order valence-corrected chi connectivity index (χ2v) is 8.53. The average molecular weight is 472 g/mol. The Morgan fingerprint density at radius 2 is 1.63 bits per heavy atom. The van der Waals surface area contributed by atoms with Crippen LogP contribution in [0.15, 0.2) is 89.9 Å². The van der Waals surface area contributed by atoms with Crippen molar-refractivity contribution in [1.29, 1.82) is 0 Å². The molecule has 3 aromatic rings. The number of anilines is 1. The Kier molecular flexibility index (Phi) is 8.03. The molecule has 0 bridgehead atoms. The molecule has 1 saturated heterocycles. The summed E-state index contributed by atoms with van der Waals surface area (Å²) in [5.41, 5.74) is 3.40. The number of aliphatic hydroxyl groups excluding tert-OH is 1. The lowest BCUT2D eigenvalue weighted by molar-refractivity contribution is -0.139. The van der Waals surface area contributed by atoms with Crippen LogP contribution in [-0.4, -0.2) is 57.9 Å². The largest absolute Gasteiger partial charge is 0.480 e. The predicted molar refractivity (Wildman–Crippen MR) is 136 cm³/mol. The third-order valence-electron chi connectivity index (χ3n) is 6.13. The average Bonchev–Trinajstić information content (AvgIpc) is 3.34. The molecule has 4 rings (SSSR count). The van der Waals surface area contributed by atoms with Crippen molar-refractivity contribution in [2.24, 2.45) is 4.99 Å². The van der Waals surface area contributed by atoms with Gasteiger partial charge in [-0.05, 0) is 31.0 Å². The van der Waals surface area contributed by atoms with Crippen molar-refractivity contribution in [2.75, 3.05) is 18.5 Å². The van der Waals surface area contributed by atoms with Gasteiger partial charge in [0.1, 0.15) is 0 Å². The zero-order chi connectivity index (χ0) is 24.6. The minimum Gasteiger partial charge on any atom is -0.480 e. The lowest BCUT2D eigenvalue weighted by Crippen LogP contribution is -2.39. The fourth-order valence-corrected chi connectivity index (χ4v) is 4.37. The van der Waals surface area contributed by atoms with E-state index >= 15 is 0 Å². The molecular weight excluding hydrogens is 442 g/mol. The molecule has 0 saturated carbocycles. The lowest BCUT2D eigenvalue weighted by atomic mass is 9.99. The van der Waals surface area contributed by atoms with Crippen molar-refractivity contribution in [2.45, 2.75) is 31.5 Å². The molecule has 180 valence electrons. The summed E-state index contributed by atoms with van der Waals surface area (Å²) in [6, 6.07) is 24.9. The van der Waals surface area contributed by atoms with Gasteiger partial charge < -0.3 is 15.5 Å². The first-order chi connectivity index (χ1) is 17.1. The van der Waals surface area contributed by atoms with Crippen LogP contribution >= 0.6 is 0 Å². The van der Waals surface area contributed by atoms with Crippen LogP contribution in [0.4, 0.5) is 5.69 Å². The van der Waals surface area contributed by atoms with Crippen molar-refractivity contribution in [3.63, 3.8) is 0 Å². The number of hydrogen-bond acceptors (Lipinski definition) is 5. The SMILES string of the molecule is O=C(O)[C@H](CO)N=C(c1ccccc1)c1ccccc1NC(=O)[C@@H]1CCCN1Cc1ccccc1. The lowest BCUT2D eigenvalue weighted by Gasteiger charge is -2.24. The Morgan fingerprint density at radius 3 is 2.31 bits per heavy atom. The Hall–Kier alpha value is -3.81. The number of nitrogens with zero attached hydrogens (tertiary/aromatic N) is 2. The summed E-state index contributed by atoms with van der Waals surface area (Å²) in [6.07, 6.45) is 1.71. The van der Waals surface area contributed by atoms with E-state index in [1.165, 1.54) is 0 Å². The molecule has 3 aromatic carbocycles. The zero-order valence-electron chi connectivity index (χ0n) is 19.4. The molecule has 1 aliphatic rings. The van der Waals surface area contributed by atoms with Crippen LogP contribution in [0, 0.1) is 0 Å². The van der Waals surface area contributed by atoms with E-state index in [0.717, 1.165) is 24.9 Å². The Bertz CT molecular complexity index is 1180. The summed E-state index contributed by atoms with van der Waals surface area (Å²) in [5.74, 6) is -1.32. The molecule has 3 N–H and O–H groups in total. The molecule has 0 aliphatic carbocycles. The van der Waals surface area contributed by atoms with Gasteiger partial charge in [-0.3, -0.25) is 14.7 Å². The van der Waals surface area contributed by atoms with Crippen LogP contribution in [-0.2, 0) is 16.1 Å². The summed E-state index contributed by atoms with van der Waals surface area (Å²) >= 11 is 0. The number of carboxylic acids is 1. The smallest absolute Gasteiger partial charge is 0.330 e. The summed E-state index contributed by atoms with van der Waals surface area (Å²) < 4.78 is 0. The van der Waals surface area contributed by atoms with E-state index in [4.69, 9.17) is 0 Å². The van der Waals surface area contributed by atoms with Crippen LogP contribution < -0.4 is 5.32 Å². The maximum absolute atomic E-state index is 13.4. The van der Waals surface area contributed by atoms with Gasteiger partial charge in [0, 0.05) is 17.7 Å². The highest BCUT2D eigenvalue weighted by Crippen LogP contribution is 2.25. The Morgan fingerprint density at radius 1 is 0.971 bits per heavy atom. The van der Waals surface area contributed by atoms with Gasteiger partial charge in [-0.1, -0.05) is 78.9 Å². The molecule has 0 radical (unpaired) electrons. The zero-order valence-corrected chi connectivity index (χ0v) is 19.4. The van der Waals surface area contributed by atoms with Crippen molar-refractivity contribution >= 4 is 23.3 Å². The first kappa shape index (κ1) is 24.3. The molecule has 0 unspecified atom stereocenters. The van der Waals surface area contributed by atoms with E-state index in [1.54, 1.807) is 12.1 Å². The first-order valence-corrected chi connectivity index (χ1v) is 11.7. The molecule has 1 amide bonds. The number of para-hydroxylation sites is 1. The molecule has 1 heterocycles. The van der Waals surface area contributed by atoms with Crippen LogP contribution in [0.3, 0.4) is 0 Å². The van der Waals surface area contributed by atoms with E-state index < -0.39 is 18.6 Å². The van der Waals surface area contributed by atoms with Gasteiger partial charge in [-0.25, -0.2) is 4.79 Å². The van der Waals surface area contributed by atoms with Crippen LogP contribution in [0.2, 0.25) is 0 Å². The van der Waals surface area contributed by atoms with Crippen LogP contribution in [0.1, 0.15) is 29.5 Å². The minimum atomic E-state index is -1.31. The molecule has 7 nitrogen and oxygen atoms in total. The standard InChI is InChI=1S/C28H29N3O4/c32-19-24(28(34)35)29-26(21-12-5-2-6-13-21)22-14-7-8-15-23(22)30-27(33)25-16-9-17-31(25)18-20-10-3-1-4-11-20/h1-8,10-15,24-25,32H,9,16-19H2,(H,30,33)(H,34,35)/t24-,25-/m0/s1. The third-order valence-corrected chi connectivity index (χ3v) is 6.13. The fourth-order valence-electron chi connectivity index (χ4n) is 4.37. The Balaban J connectivity index is 1.62. The number of aliphatic carboxylic acids is 1. The van der Waals surface area contributed by atoms with Gasteiger partial charge in [0.2, 0.25) is 5.91 Å². The second-order valence-electron chi connectivity index (χ2n) is 8.53. The molecule has 0 spiro atoms. The number of nitrogens with one attached hydrogen (secondary N) is 1. The van der Waals surface area contributed by atoms with E-state index in [9.17, 15) is 19.8 Å². The number of hydrogen-bond donors (Lipinski definition) is 3. The van der Waals surface area contributed by atoms with Crippen molar-refractivity contribution in [3.05, 3.63) is 102 Å². The number of amides is 1. The minimum absolute atomic E-state index is 0.102. The van der Waals surface area contributed by atoms with Gasteiger partial charge in [-0.15, -0.1) is 0 Å². The summed E-state index contributed by atoms with van der Waals surface area (Å²) in [7, 11) is 0. The molecule has 7 heteroatoms. The van der Waals surface area contributed by atoms with Crippen molar-refractivity contribution in [3.8, 4) is 0 Å². The van der Waals surface area contributed by atoms with E-state index in [0.29, 0.717) is 29.1 Å². The van der Waals surface area contributed by atoms with Gasteiger partial charge in [-0.2, -0.15) is 0 Å². The number of carbonyl (C=O) groups excluding carboxylic acids is 1. The third kappa shape index (κ3) is 6.01. The highest BCUT2D eigenvalue weighted by molar-refractivity contribution is 6.17. The summed E-state index contributed by atoms with van der Waals surface area (Å²) in [4.78, 5) is 31.6. The van der Waals surface area contributed by atoms with Gasteiger partial charge in [0.25, 0.3) is 0 Å². The molecular formula is C28H29N3O4. The quantitative estimate of drug-likeness (QED) is 0.414. The van der Waals surface area contributed by atoms with Crippen LogP contribution in [0.25, 0.3) is 0 Å². The van der Waals surface area contributed by atoms with E-state index in [-0.39, 0.29) is 11.9 Å². The number of carbonyl (C=O) groups is 2. The highest BCUT2D eigenvalue weighted by Gasteiger charge is 2.31. The van der Waals surface area contributed by atoms with E-state index in [1.807, 2.05) is 60.7 Å². The maximum Gasteiger partial charge on any atom is 0.330 e. The number of rotatable bonds is 9. The summed E-state index contributed by atoms with van der Waals surface area (Å²) in [5, 5.41) is 22.1. The monoisotopic (exact) mass is 471 g/mol. The van der Waals surface area contributed by atoms with Crippen LogP contribution in [0.5, 0.6) is 0 Å². The second kappa shape index (κ2) is 11.6. The molecule has 35 heavy (non-hydrogen) atoms. The fraction of sp³-hybridized carbons (Fsp3) is 0.250. The number of aliphatic imine (C=N–C) groups is 1. The van der Waals surface area contributed by atoms with Gasteiger partial charge >= 0.3 is 5.97 Å². The number of carboxylic acid groups (broad SMARTS) is 1. The van der Waals surface area contributed by atoms with Gasteiger partial charge in [0.05, 0.1) is 24.0 Å². The molecule has 2 atom stereocenters. The van der Waals surface area contributed by atoms with Gasteiger partial charge in [0.15, 0.2) is 6.04 Å². The normalized spacial score (nSPS) is 17.2. The predicted octanol–water partition coefficient (Wildman–Crippen LogP) is 3.57. The highest BCUT2D eigenvalue weighted by atomic mass is 16.4. The summed E-state index contributed by atoms with van der Waals surface area (Å²) in [6.45, 7) is 0.924. The number of likely N-dealkylation sites (tertiary alicyclic amines) is 1. The van der Waals surface area contributed by atoms with Crippen molar-refractivity contribution in [1.82, 2.24) is 4.90 Å². The van der Waals surface area contributed by atoms with E-state index in [2.05, 4.69) is 27.3 Å².